The van der Waals surface area contributed by atoms with Gasteiger partial charge in [0.1, 0.15) is 0 Å². The minimum Gasteiger partial charge on any atom is -0.327 e. The first kappa shape index (κ1) is 15.5. The smallest absolute Gasteiger partial charge is 0.211 e. The first-order valence-corrected chi connectivity index (χ1v) is 7.98. The average Bonchev–Trinajstić information content (AvgIpc) is 2.57. The summed E-state index contributed by atoms with van der Waals surface area (Å²) in [5.41, 5.74) is 3.79. The van der Waals surface area contributed by atoms with E-state index in [0.717, 1.165) is 40.3 Å². The molecule has 0 radical (unpaired) electrons. The number of hydrogen-bond donors (Lipinski definition) is 1. The number of benzene rings is 2. The van der Waals surface area contributed by atoms with Crippen LogP contribution in [0.2, 0.25) is 5.02 Å². The molecule has 1 N–H and O–H groups in total. The fraction of sp³-hybridized carbons (Fsp3) is 0.158. The molecule has 0 spiro atoms. The second kappa shape index (κ2) is 6.80. The van der Waals surface area contributed by atoms with Crippen molar-refractivity contribution < 1.29 is 4.79 Å². The summed E-state index contributed by atoms with van der Waals surface area (Å²) in [7, 11) is 0. The van der Waals surface area contributed by atoms with Crippen molar-refractivity contribution >= 4 is 34.5 Å². The average molecular weight is 325 g/mol. The third kappa shape index (κ3) is 3.06. The molecule has 0 saturated carbocycles. The first-order valence-electron chi connectivity index (χ1n) is 7.60. The van der Waals surface area contributed by atoms with Crippen LogP contribution < -0.4 is 5.32 Å². The predicted molar refractivity (Wildman–Crippen MR) is 95.9 cm³/mol. The number of fused-ring (bicyclic) bond motifs is 1. The van der Waals surface area contributed by atoms with Gasteiger partial charge in [-0.2, -0.15) is 0 Å². The molecule has 0 aliphatic carbocycles. The molecule has 0 saturated heterocycles. The van der Waals surface area contributed by atoms with E-state index in [4.69, 9.17) is 11.6 Å². The number of hydrogen-bond acceptors (Lipinski definition) is 2. The van der Waals surface area contributed by atoms with Crippen LogP contribution in [-0.4, -0.2) is 11.4 Å². The molecule has 2 aromatic carbocycles. The molecule has 0 unspecified atom stereocenters. The number of amides is 1. The van der Waals surface area contributed by atoms with E-state index in [2.05, 4.69) is 29.4 Å². The summed E-state index contributed by atoms with van der Waals surface area (Å²) >= 11 is 6.41. The van der Waals surface area contributed by atoms with Crippen molar-refractivity contribution in [3.05, 3.63) is 59.4 Å². The Morgan fingerprint density at radius 3 is 2.83 bits per heavy atom. The number of halogens is 1. The van der Waals surface area contributed by atoms with Crippen molar-refractivity contribution in [1.82, 2.24) is 4.98 Å². The molecule has 0 bridgehead atoms. The van der Waals surface area contributed by atoms with Crippen molar-refractivity contribution in [3.8, 4) is 11.1 Å². The van der Waals surface area contributed by atoms with Crippen LogP contribution in [0.5, 0.6) is 0 Å². The minimum absolute atomic E-state index is 0.547. The fourth-order valence-electron chi connectivity index (χ4n) is 2.85. The summed E-state index contributed by atoms with van der Waals surface area (Å²) in [5.74, 6) is 0. The van der Waals surface area contributed by atoms with Crippen molar-refractivity contribution in [2.24, 2.45) is 0 Å². The number of aromatic nitrogens is 1. The summed E-state index contributed by atoms with van der Waals surface area (Å²) in [4.78, 5) is 15.2. The van der Waals surface area contributed by atoms with E-state index in [-0.39, 0.29) is 0 Å². The molecule has 3 rings (SSSR count). The van der Waals surface area contributed by atoms with E-state index in [0.29, 0.717) is 17.1 Å². The SMILES string of the molecule is CCCc1cc(-c2cncc3ccccc23)cc(Cl)c1NC=O. The molecule has 0 atom stereocenters. The lowest BCUT2D eigenvalue weighted by atomic mass is 9.97. The van der Waals surface area contributed by atoms with Gasteiger partial charge < -0.3 is 5.32 Å². The number of aryl methyl sites for hydroxylation is 1. The van der Waals surface area contributed by atoms with Crippen molar-refractivity contribution in [1.29, 1.82) is 0 Å². The second-order valence-electron chi connectivity index (χ2n) is 5.41. The second-order valence-corrected chi connectivity index (χ2v) is 5.82. The summed E-state index contributed by atoms with van der Waals surface area (Å²) in [5, 5.41) is 5.49. The predicted octanol–water partition coefficient (Wildman–Crippen LogP) is 5.08. The topological polar surface area (TPSA) is 42.0 Å². The molecule has 1 heterocycles. The highest BCUT2D eigenvalue weighted by Gasteiger charge is 2.12. The van der Waals surface area contributed by atoms with Crippen molar-refractivity contribution in [2.75, 3.05) is 5.32 Å². The Morgan fingerprint density at radius 2 is 2.04 bits per heavy atom. The van der Waals surface area contributed by atoms with E-state index in [9.17, 15) is 4.79 Å². The lowest BCUT2D eigenvalue weighted by Crippen LogP contribution is -2.01. The number of nitrogens with zero attached hydrogens (tertiary/aromatic N) is 1. The van der Waals surface area contributed by atoms with Gasteiger partial charge in [-0.1, -0.05) is 49.2 Å². The van der Waals surface area contributed by atoms with Gasteiger partial charge in [0.15, 0.2) is 0 Å². The first-order chi connectivity index (χ1) is 11.2. The molecular formula is C19H17ClN2O. The monoisotopic (exact) mass is 324 g/mol. The molecule has 0 aliphatic rings. The van der Waals surface area contributed by atoms with Crippen LogP contribution in [0, 0.1) is 0 Å². The molecule has 3 nitrogen and oxygen atoms in total. The normalized spacial score (nSPS) is 10.7. The van der Waals surface area contributed by atoms with Gasteiger partial charge in [0.05, 0.1) is 10.7 Å². The minimum atomic E-state index is 0.547. The van der Waals surface area contributed by atoms with Gasteiger partial charge in [-0.25, -0.2) is 0 Å². The van der Waals surface area contributed by atoms with Crippen LogP contribution in [0.15, 0.2) is 48.8 Å². The summed E-state index contributed by atoms with van der Waals surface area (Å²) in [6.07, 6.45) is 6.20. The van der Waals surface area contributed by atoms with Gasteiger partial charge in [0.25, 0.3) is 0 Å². The highest BCUT2D eigenvalue weighted by atomic mass is 35.5. The Hall–Kier alpha value is -2.39. The van der Waals surface area contributed by atoms with Crippen LogP contribution in [0.1, 0.15) is 18.9 Å². The van der Waals surface area contributed by atoms with Gasteiger partial charge in [0, 0.05) is 23.3 Å². The third-order valence-corrected chi connectivity index (χ3v) is 4.17. The van der Waals surface area contributed by atoms with Crippen LogP contribution >= 0.6 is 11.6 Å². The summed E-state index contributed by atoms with van der Waals surface area (Å²) in [6.45, 7) is 2.10. The number of carbonyl (C=O) groups is 1. The van der Waals surface area contributed by atoms with Crippen LogP contribution in [-0.2, 0) is 11.2 Å². The summed E-state index contributed by atoms with van der Waals surface area (Å²) < 4.78 is 0. The van der Waals surface area contributed by atoms with Crippen LogP contribution in [0.3, 0.4) is 0 Å². The van der Waals surface area contributed by atoms with Gasteiger partial charge >= 0.3 is 0 Å². The van der Waals surface area contributed by atoms with E-state index in [1.807, 2.05) is 36.7 Å². The number of rotatable bonds is 5. The molecule has 0 fully saturated rings. The third-order valence-electron chi connectivity index (χ3n) is 3.87. The molecule has 23 heavy (non-hydrogen) atoms. The molecule has 3 aromatic rings. The van der Waals surface area contributed by atoms with E-state index in [1.165, 1.54) is 0 Å². The maximum Gasteiger partial charge on any atom is 0.211 e. The van der Waals surface area contributed by atoms with E-state index < -0.39 is 0 Å². The zero-order valence-corrected chi connectivity index (χ0v) is 13.6. The van der Waals surface area contributed by atoms with Crippen LogP contribution in [0.4, 0.5) is 5.69 Å². The molecule has 116 valence electrons. The highest BCUT2D eigenvalue weighted by Crippen LogP contribution is 2.35. The standard InChI is InChI=1S/C19H17ClN2O/c1-2-5-13-8-15(9-18(20)19(13)22-12-23)17-11-21-10-14-6-3-4-7-16(14)17/h3-4,6-12H,2,5H2,1H3,(H,22,23). The Balaban J connectivity index is 2.21. The van der Waals surface area contributed by atoms with Gasteiger partial charge in [-0.3, -0.25) is 9.78 Å². The van der Waals surface area contributed by atoms with Gasteiger partial charge in [0.2, 0.25) is 6.41 Å². The van der Waals surface area contributed by atoms with Crippen molar-refractivity contribution in [2.45, 2.75) is 19.8 Å². The Bertz CT molecular complexity index is 856. The number of pyridine rings is 1. The number of carbonyl (C=O) groups excluding carboxylic acids is 1. The zero-order chi connectivity index (χ0) is 16.2. The molecule has 1 amide bonds. The number of anilines is 1. The highest BCUT2D eigenvalue weighted by molar-refractivity contribution is 6.34. The van der Waals surface area contributed by atoms with E-state index in [1.54, 1.807) is 0 Å². The van der Waals surface area contributed by atoms with Gasteiger partial charge in [-0.05, 0) is 35.1 Å². The maximum atomic E-state index is 10.8. The lowest BCUT2D eigenvalue weighted by molar-refractivity contribution is -0.105. The van der Waals surface area contributed by atoms with E-state index >= 15 is 0 Å². The Kier molecular flexibility index (Phi) is 4.58. The molecular weight excluding hydrogens is 308 g/mol. The van der Waals surface area contributed by atoms with Gasteiger partial charge in [-0.15, -0.1) is 0 Å². The largest absolute Gasteiger partial charge is 0.327 e. The Morgan fingerprint density at radius 1 is 1.22 bits per heavy atom. The van der Waals surface area contributed by atoms with Crippen molar-refractivity contribution in [3.63, 3.8) is 0 Å². The quantitative estimate of drug-likeness (QED) is 0.665. The molecule has 0 aliphatic heterocycles. The Labute approximate surface area is 140 Å². The zero-order valence-electron chi connectivity index (χ0n) is 12.8. The lowest BCUT2D eigenvalue weighted by Gasteiger charge is -2.14. The summed E-state index contributed by atoms with van der Waals surface area (Å²) in [6, 6.07) is 12.1. The fourth-order valence-corrected chi connectivity index (χ4v) is 3.15. The van der Waals surface area contributed by atoms with Crippen LogP contribution in [0.25, 0.3) is 21.9 Å². The molecule has 1 aromatic heterocycles. The number of nitrogens with one attached hydrogen (secondary N) is 1. The molecule has 4 heteroatoms. The maximum absolute atomic E-state index is 10.8.